The minimum Gasteiger partial charge on any atom is -0.474 e. The van der Waals surface area contributed by atoms with Gasteiger partial charge in [0.15, 0.2) is 0 Å². The van der Waals surface area contributed by atoms with Gasteiger partial charge in [0.05, 0.1) is 11.5 Å². The molecule has 2 aromatic heterocycles. The molecule has 5 nitrogen and oxygen atoms in total. The minimum atomic E-state index is -0.477. The number of fused-ring (bicyclic) bond motifs is 3. The van der Waals surface area contributed by atoms with Gasteiger partial charge in [-0.2, -0.15) is 0 Å². The van der Waals surface area contributed by atoms with E-state index in [4.69, 9.17) is 10.5 Å². The lowest BCUT2D eigenvalue weighted by molar-refractivity contribution is 0.113. The van der Waals surface area contributed by atoms with Gasteiger partial charge < -0.3 is 15.6 Å². The average Bonchev–Trinajstić information content (AvgIpc) is 3.24. The highest BCUT2D eigenvalue weighted by Gasteiger charge is 2.34. The Bertz CT molecular complexity index is 826. The number of hydrogen-bond acceptors (Lipinski definition) is 6. The number of ether oxygens (including phenoxy) is 1. The highest BCUT2D eigenvalue weighted by Crippen LogP contribution is 2.48. The van der Waals surface area contributed by atoms with Crippen LogP contribution < -0.4 is 10.5 Å². The molecule has 0 aromatic carbocycles. The number of thiophene rings is 1. The maximum atomic E-state index is 10.1. The molecule has 2 aliphatic rings. The smallest absolute Gasteiger partial charge is 0.225 e. The van der Waals surface area contributed by atoms with Gasteiger partial charge in [-0.1, -0.05) is 13.0 Å². The third-order valence-electron chi connectivity index (χ3n) is 6.40. The second kappa shape index (κ2) is 7.49. The van der Waals surface area contributed by atoms with Crippen LogP contribution in [0.25, 0.3) is 10.2 Å². The van der Waals surface area contributed by atoms with E-state index in [1.165, 1.54) is 10.4 Å². The normalized spacial score (nSPS) is 28.9. The maximum Gasteiger partial charge on any atom is 0.225 e. The number of hydrogen-bond donors (Lipinski definition) is 2. The summed E-state index contributed by atoms with van der Waals surface area (Å²) in [6, 6.07) is 0. The summed E-state index contributed by atoms with van der Waals surface area (Å²) >= 11 is 1.75. The molecule has 0 bridgehead atoms. The van der Waals surface area contributed by atoms with E-state index in [0.717, 1.165) is 55.2 Å². The largest absolute Gasteiger partial charge is 0.474 e. The van der Waals surface area contributed by atoms with Gasteiger partial charge in [0.1, 0.15) is 17.3 Å². The van der Waals surface area contributed by atoms with Crippen molar-refractivity contribution in [1.82, 2.24) is 9.97 Å². The van der Waals surface area contributed by atoms with Crippen molar-refractivity contribution in [3.05, 3.63) is 29.4 Å². The molecule has 4 rings (SSSR count). The molecule has 1 fully saturated rings. The summed E-state index contributed by atoms with van der Waals surface area (Å²) in [6.07, 6.45) is 10.7. The molecule has 0 spiro atoms. The zero-order valence-corrected chi connectivity index (χ0v) is 16.8. The summed E-state index contributed by atoms with van der Waals surface area (Å²) in [5, 5.41) is 11.1. The molecule has 0 radical (unpaired) electrons. The molecule has 2 atom stereocenters. The summed E-state index contributed by atoms with van der Waals surface area (Å²) in [6.45, 7) is 5.88. The van der Waals surface area contributed by atoms with Crippen LogP contribution in [0, 0.1) is 0 Å². The van der Waals surface area contributed by atoms with Gasteiger partial charge in [0.2, 0.25) is 5.88 Å². The van der Waals surface area contributed by atoms with Gasteiger partial charge in [0.25, 0.3) is 0 Å². The number of nitrogens with two attached hydrogens (primary N) is 1. The zero-order chi connectivity index (χ0) is 19.0. The fourth-order valence-electron chi connectivity index (χ4n) is 4.55. The van der Waals surface area contributed by atoms with Gasteiger partial charge >= 0.3 is 0 Å². The van der Waals surface area contributed by atoms with Crippen LogP contribution in [0.15, 0.2) is 19.0 Å². The molecule has 27 heavy (non-hydrogen) atoms. The van der Waals surface area contributed by atoms with E-state index >= 15 is 0 Å². The van der Waals surface area contributed by atoms with Crippen molar-refractivity contribution in [3.8, 4) is 5.88 Å². The van der Waals surface area contributed by atoms with Gasteiger partial charge in [-0.15, -0.1) is 17.9 Å². The summed E-state index contributed by atoms with van der Waals surface area (Å²) in [7, 11) is 0. The van der Waals surface area contributed by atoms with Gasteiger partial charge in [0, 0.05) is 10.4 Å². The van der Waals surface area contributed by atoms with Gasteiger partial charge in [-0.05, 0) is 62.8 Å². The number of aliphatic hydroxyl groups excluding tert-OH is 1. The predicted molar refractivity (Wildman–Crippen MR) is 109 cm³/mol. The first kappa shape index (κ1) is 18.8. The molecule has 3 N–H and O–H groups in total. The second-order valence-corrected chi connectivity index (χ2v) is 9.19. The molecular formula is C21H29N3O2S. The van der Waals surface area contributed by atoms with E-state index < -0.39 is 6.10 Å². The molecule has 0 aliphatic heterocycles. The van der Waals surface area contributed by atoms with E-state index in [0.29, 0.717) is 18.2 Å². The highest BCUT2D eigenvalue weighted by molar-refractivity contribution is 7.19. The standard InChI is InChI=1S/C21H29N3O2S/c1-3-14(25)11-13-5-6-16-17(13)18-19(23-12-24-20(18)27-16)26-15-7-9-21(22,4-2)10-8-15/h3,12-15,25H,1,4-11,22H2,2H3/t13-,14+,15-,21-/m1/s1. The van der Waals surface area contributed by atoms with Crippen LogP contribution in [0.4, 0.5) is 0 Å². The van der Waals surface area contributed by atoms with E-state index in [1.54, 1.807) is 23.7 Å². The summed E-state index contributed by atoms with van der Waals surface area (Å²) in [5.41, 5.74) is 7.69. The van der Waals surface area contributed by atoms with Crippen molar-refractivity contribution < 1.29 is 9.84 Å². The molecule has 2 aromatic rings. The van der Waals surface area contributed by atoms with Crippen LogP contribution in [0.5, 0.6) is 5.88 Å². The Labute approximate surface area is 164 Å². The lowest BCUT2D eigenvalue weighted by atomic mass is 9.79. The number of rotatable bonds is 6. The van der Waals surface area contributed by atoms with Crippen molar-refractivity contribution >= 4 is 21.6 Å². The van der Waals surface area contributed by atoms with Crippen LogP contribution in [0.3, 0.4) is 0 Å². The Balaban J connectivity index is 1.60. The fraction of sp³-hybridized carbons (Fsp3) is 0.619. The number of nitrogens with zero attached hydrogens (tertiary/aromatic N) is 2. The predicted octanol–water partition coefficient (Wildman–Crippen LogP) is 4.09. The number of aryl methyl sites for hydroxylation is 1. The Morgan fingerprint density at radius 1 is 1.41 bits per heavy atom. The molecule has 146 valence electrons. The number of aliphatic hydroxyl groups is 1. The topological polar surface area (TPSA) is 81.3 Å². The monoisotopic (exact) mass is 387 g/mol. The first-order valence-electron chi connectivity index (χ1n) is 10.1. The van der Waals surface area contributed by atoms with Crippen LogP contribution in [0.1, 0.15) is 68.2 Å². The van der Waals surface area contributed by atoms with Crippen LogP contribution in [-0.2, 0) is 6.42 Å². The zero-order valence-electron chi connectivity index (χ0n) is 16.0. The quantitative estimate of drug-likeness (QED) is 0.730. The van der Waals surface area contributed by atoms with Gasteiger partial charge in [-0.3, -0.25) is 0 Å². The third kappa shape index (κ3) is 3.62. The molecule has 0 saturated heterocycles. The second-order valence-electron chi connectivity index (χ2n) is 8.11. The molecule has 0 unspecified atom stereocenters. The highest BCUT2D eigenvalue weighted by atomic mass is 32.1. The lowest BCUT2D eigenvalue weighted by Gasteiger charge is -2.36. The van der Waals surface area contributed by atoms with E-state index in [1.807, 2.05) is 0 Å². The number of aromatic nitrogens is 2. The third-order valence-corrected chi connectivity index (χ3v) is 7.58. The van der Waals surface area contributed by atoms with Crippen molar-refractivity contribution in [2.45, 2.75) is 82.0 Å². The van der Waals surface area contributed by atoms with E-state index in [2.05, 4.69) is 23.5 Å². The van der Waals surface area contributed by atoms with E-state index in [-0.39, 0.29) is 11.6 Å². The molecule has 1 saturated carbocycles. The summed E-state index contributed by atoms with van der Waals surface area (Å²) in [4.78, 5) is 11.4. The van der Waals surface area contributed by atoms with Crippen LogP contribution >= 0.6 is 11.3 Å². The maximum absolute atomic E-state index is 10.1. The Morgan fingerprint density at radius 3 is 2.89 bits per heavy atom. The molecule has 0 amide bonds. The van der Waals surface area contributed by atoms with Gasteiger partial charge in [-0.25, -0.2) is 9.97 Å². The lowest BCUT2D eigenvalue weighted by Crippen LogP contribution is -2.44. The first-order chi connectivity index (χ1) is 13.0. The summed E-state index contributed by atoms with van der Waals surface area (Å²) < 4.78 is 6.39. The molecule has 6 heteroatoms. The first-order valence-corrected chi connectivity index (χ1v) is 10.9. The van der Waals surface area contributed by atoms with Crippen LogP contribution in [-0.4, -0.2) is 32.8 Å². The molecule has 2 aliphatic carbocycles. The fourth-order valence-corrected chi connectivity index (χ4v) is 5.78. The van der Waals surface area contributed by atoms with Crippen molar-refractivity contribution in [1.29, 1.82) is 0 Å². The van der Waals surface area contributed by atoms with Crippen LogP contribution in [0.2, 0.25) is 0 Å². The van der Waals surface area contributed by atoms with Crippen molar-refractivity contribution in [3.63, 3.8) is 0 Å². The SMILES string of the molecule is C=C[C@H](O)C[C@H]1CCc2sc3ncnc(O[C@H]4CC[C@@](N)(CC)CC4)c3c21. The summed E-state index contributed by atoms with van der Waals surface area (Å²) in [5.74, 6) is 1.03. The Morgan fingerprint density at radius 2 is 2.19 bits per heavy atom. The van der Waals surface area contributed by atoms with Crippen molar-refractivity contribution in [2.24, 2.45) is 5.73 Å². The molecule has 2 heterocycles. The molecular weight excluding hydrogens is 358 g/mol. The van der Waals surface area contributed by atoms with Crippen molar-refractivity contribution in [2.75, 3.05) is 0 Å². The Hall–Kier alpha value is -1.50. The Kier molecular flexibility index (Phi) is 5.23. The average molecular weight is 388 g/mol. The van der Waals surface area contributed by atoms with E-state index in [9.17, 15) is 5.11 Å². The minimum absolute atomic E-state index is 0.0313.